The van der Waals surface area contributed by atoms with Gasteiger partial charge in [-0.2, -0.15) is 5.10 Å². The summed E-state index contributed by atoms with van der Waals surface area (Å²) in [6.07, 6.45) is 4.72. The Kier molecular flexibility index (Phi) is 3.21. The van der Waals surface area contributed by atoms with Gasteiger partial charge in [0.2, 0.25) is 11.8 Å². The Labute approximate surface area is 117 Å². The third-order valence-corrected chi connectivity index (χ3v) is 4.05. The Morgan fingerprint density at radius 3 is 2.95 bits per heavy atom. The highest BCUT2D eigenvalue weighted by Gasteiger charge is 2.48. The van der Waals surface area contributed by atoms with Crippen molar-refractivity contribution >= 4 is 17.5 Å². The Morgan fingerprint density at radius 2 is 2.30 bits per heavy atom. The molecule has 0 bridgehead atoms. The zero-order valence-electron chi connectivity index (χ0n) is 11.7. The van der Waals surface area contributed by atoms with Gasteiger partial charge in [0.25, 0.3) is 0 Å². The molecule has 2 aliphatic heterocycles. The molecule has 2 atom stereocenters. The molecular formula is C13H18N4O3. The molecule has 20 heavy (non-hydrogen) atoms. The summed E-state index contributed by atoms with van der Waals surface area (Å²) in [6, 6.07) is 0.0258. The van der Waals surface area contributed by atoms with E-state index in [4.69, 9.17) is 4.74 Å². The van der Waals surface area contributed by atoms with Gasteiger partial charge >= 0.3 is 0 Å². The predicted octanol–water partition coefficient (Wildman–Crippen LogP) is -0.227. The highest BCUT2D eigenvalue weighted by molar-refractivity contribution is 5.98. The third kappa shape index (κ3) is 1.98. The van der Waals surface area contributed by atoms with Crippen molar-refractivity contribution in [1.29, 1.82) is 0 Å². The summed E-state index contributed by atoms with van der Waals surface area (Å²) in [5.41, 5.74) is 0.811. The SMILES string of the molecule is COCC(=O)N1CC[C@@H]2[C@@H]1CC(=O)N2c1cnn(C)c1. The van der Waals surface area contributed by atoms with Gasteiger partial charge in [0.05, 0.1) is 24.0 Å². The maximum Gasteiger partial charge on any atom is 0.248 e. The number of nitrogens with zero attached hydrogens (tertiary/aromatic N) is 4. The van der Waals surface area contributed by atoms with Crippen LogP contribution in [-0.2, 0) is 21.4 Å². The van der Waals surface area contributed by atoms with Gasteiger partial charge in [-0.3, -0.25) is 14.3 Å². The van der Waals surface area contributed by atoms with E-state index in [1.54, 1.807) is 20.7 Å². The Bertz CT molecular complexity index is 541. The number of fused-ring (bicyclic) bond motifs is 1. The lowest BCUT2D eigenvalue weighted by Gasteiger charge is -2.24. The van der Waals surface area contributed by atoms with Crippen molar-refractivity contribution in [3.8, 4) is 0 Å². The summed E-state index contributed by atoms with van der Waals surface area (Å²) in [5, 5.41) is 4.12. The van der Waals surface area contributed by atoms with Crippen molar-refractivity contribution in [1.82, 2.24) is 14.7 Å². The number of aromatic nitrogens is 2. The van der Waals surface area contributed by atoms with Crippen molar-refractivity contribution in [2.24, 2.45) is 7.05 Å². The number of ether oxygens (including phenoxy) is 1. The van der Waals surface area contributed by atoms with Gasteiger partial charge in [-0.15, -0.1) is 0 Å². The van der Waals surface area contributed by atoms with Crippen molar-refractivity contribution in [2.45, 2.75) is 24.9 Å². The van der Waals surface area contributed by atoms with Crippen molar-refractivity contribution in [2.75, 3.05) is 25.2 Å². The van der Waals surface area contributed by atoms with E-state index in [0.717, 1.165) is 12.1 Å². The van der Waals surface area contributed by atoms with Crippen LogP contribution < -0.4 is 4.90 Å². The molecule has 2 saturated heterocycles. The topological polar surface area (TPSA) is 67.7 Å². The summed E-state index contributed by atoms with van der Waals surface area (Å²) in [5.74, 6) is 0.0174. The average molecular weight is 278 g/mol. The van der Waals surface area contributed by atoms with Crippen LogP contribution in [0.15, 0.2) is 12.4 Å². The molecule has 0 radical (unpaired) electrons. The lowest BCUT2D eigenvalue weighted by molar-refractivity contribution is -0.136. The fourth-order valence-corrected chi connectivity index (χ4v) is 3.23. The molecule has 7 heteroatoms. The second kappa shape index (κ2) is 4.90. The third-order valence-electron chi connectivity index (χ3n) is 4.05. The van der Waals surface area contributed by atoms with Crippen LogP contribution in [0, 0.1) is 0 Å². The van der Waals surface area contributed by atoms with E-state index in [-0.39, 0.29) is 30.5 Å². The molecule has 2 aliphatic rings. The number of aryl methyl sites for hydroxylation is 1. The zero-order valence-corrected chi connectivity index (χ0v) is 11.7. The molecule has 0 aliphatic carbocycles. The molecule has 0 N–H and O–H groups in total. The van der Waals surface area contributed by atoms with Crippen molar-refractivity contribution in [3.63, 3.8) is 0 Å². The minimum Gasteiger partial charge on any atom is -0.375 e. The summed E-state index contributed by atoms with van der Waals surface area (Å²) < 4.78 is 6.58. The second-order valence-corrected chi connectivity index (χ2v) is 5.28. The molecular weight excluding hydrogens is 260 g/mol. The fraction of sp³-hybridized carbons (Fsp3) is 0.615. The number of methoxy groups -OCH3 is 1. The first-order valence-electron chi connectivity index (χ1n) is 6.71. The van der Waals surface area contributed by atoms with Gasteiger partial charge in [-0.1, -0.05) is 0 Å². The summed E-state index contributed by atoms with van der Waals surface area (Å²) in [4.78, 5) is 27.8. The normalized spacial score (nSPS) is 25.4. The number of hydrogen-bond donors (Lipinski definition) is 0. The van der Waals surface area contributed by atoms with Crippen LogP contribution in [0.1, 0.15) is 12.8 Å². The molecule has 7 nitrogen and oxygen atoms in total. The predicted molar refractivity (Wildman–Crippen MR) is 71.1 cm³/mol. The molecule has 2 amide bonds. The number of likely N-dealkylation sites (tertiary alicyclic amines) is 1. The number of amides is 2. The Hall–Kier alpha value is -1.89. The zero-order chi connectivity index (χ0) is 14.3. The molecule has 3 heterocycles. The number of carbonyl (C=O) groups excluding carboxylic acids is 2. The number of carbonyl (C=O) groups is 2. The first-order valence-corrected chi connectivity index (χ1v) is 6.71. The number of hydrogen-bond acceptors (Lipinski definition) is 4. The molecule has 0 aromatic carbocycles. The van der Waals surface area contributed by atoms with Gasteiger partial charge in [-0.25, -0.2) is 0 Å². The van der Waals surface area contributed by atoms with Crippen LogP contribution in [-0.4, -0.2) is 58.8 Å². The van der Waals surface area contributed by atoms with Crippen LogP contribution in [0.25, 0.3) is 0 Å². The van der Waals surface area contributed by atoms with Gasteiger partial charge < -0.3 is 14.5 Å². The minimum absolute atomic E-state index is 0.0367. The largest absolute Gasteiger partial charge is 0.375 e. The van der Waals surface area contributed by atoms with E-state index in [0.29, 0.717) is 13.0 Å². The molecule has 108 valence electrons. The first-order chi connectivity index (χ1) is 9.61. The number of anilines is 1. The van der Waals surface area contributed by atoms with E-state index in [1.807, 2.05) is 13.2 Å². The van der Waals surface area contributed by atoms with Gasteiger partial charge in [0, 0.05) is 33.3 Å². The molecule has 0 unspecified atom stereocenters. The highest BCUT2D eigenvalue weighted by atomic mass is 16.5. The monoisotopic (exact) mass is 278 g/mol. The molecule has 1 aromatic rings. The smallest absolute Gasteiger partial charge is 0.248 e. The Morgan fingerprint density at radius 1 is 1.50 bits per heavy atom. The summed E-state index contributed by atoms with van der Waals surface area (Å²) in [6.45, 7) is 0.756. The van der Waals surface area contributed by atoms with Gasteiger partial charge in [-0.05, 0) is 6.42 Å². The maximum absolute atomic E-state index is 12.2. The van der Waals surface area contributed by atoms with E-state index in [1.165, 1.54) is 7.11 Å². The van der Waals surface area contributed by atoms with Gasteiger partial charge in [0.1, 0.15) is 6.61 Å². The highest BCUT2D eigenvalue weighted by Crippen LogP contribution is 2.35. The lowest BCUT2D eigenvalue weighted by Crippen LogP contribution is -2.41. The maximum atomic E-state index is 12.2. The van der Waals surface area contributed by atoms with Crippen molar-refractivity contribution in [3.05, 3.63) is 12.4 Å². The van der Waals surface area contributed by atoms with E-state index in [9.17, 15) is 9.59 Å². The molecule has 1 aromatic heterocycles. The van der Waals surface area contributed by atoms with Crippen LogP contribution in [0.5, 0.6) is 0 Å². The van der Waals surface area contributed by atoms with Crippen LogP contribution >= 0.6 is 0 Å². The number of rotatable bonds is 3. The summed E-state index contributed by atoms with van der Waals surface area (Å²) >= 11 is 0. The van der Waals surface area contributed by atoms with Gasteiger partial charge in [0.15, 0.2) is 0 Å². The molecule has 0 spiro atoms. The Balaban J connectivity index is 1.81. The standard InChI is InChI=1S/C13H18N4O3/c1-15-7-9(6-14-15)17-10-3-4-16(13(19)8-20-2)11(10)5-12(17)18/h6-7,10-11H,3-5,8H2,1-2H3/t10-,11+/m1/s1. The summed E-state index contributed by atoms with van der Waals surface area (Å²) in [7, 11) is 3.33. The van der Waals surface area contributed by atoms with Crippen molar-refractivity contribution < 1.29 is 14.3 Å². The van der Waals surface area contributed by atoms with E-state index in [2.05, 4.69) is 5.10 Å². The second-order valence-electron chi connectivity index (χ2n) is 5.28. The molecule has 2 fully saturated rings. The quantitative estimate of drug-likeness (QED) is 0.766. The van der Waals surface area contributed by atoms with Crippen LogP contribution in [0.3, 0.4) is 0 Å². The van der Waals surface area contributed by atoms with E-state index >= 15 is 0 Å². The molecule has 3 rings (SSSR count). The van der Waals surface area contributed by atoms with E-state index < -0.39 is 0 Å². The lowest BCUT2D eigenvalue weighted by atomic mass is 10.1. The van der Waals surface area contributed by atoms with Crippen LogP contribution in [0.4, 0.5) is 5.69 Å². The minimum atomic E-state index is -0.0409. The molecule has 0 saturated carbocycles. The van der Waals surface area contributed by atoms with Crippen LogP contribution in [0.2, 0.25) is 0 Å². The fourth-order valence-electron chi connectivity index (χ4n) is 3.23. The average Bonchev–Trinajstić information content (AvgIpc) is 3.04. The first kappa shape index (κ1) is 13.1.